The van der Waals surface area contributed by atoms with E-state index in [2.05, 4.69) is 32.2 Å². The van der Waals surface area contributed by atoms with E-state index in [1.165, 1.54) is 24.8 Å². The number of anilines is 1. The molecule has 0 fully saturated rings. The van der Waals surface area contributed by atoms with E-state index in [0.717, 1.165) is 11.3 Å². The zero-order valence-corrected chi connectivity index (χ0v) is 11.7. The molecule has 0 aliphatic heterocycles. The molecule has 0 heterocycles. The second-order valence-corrected chi connectivity index (χ2v) is 4.99. The van der Waals surface area contributed by atoms with Crippen molar-refractivity contribution in [3.8, 4) is 0 Å². The van der Waals surface area contributed by atoms with Gasteiger partial charge in [0, 0.05) is 17.3 Å². The third-order valence-corrected chi connectivity index (χ3v) is 3.14. The summed E-state index contributed by atoms with van der Waals surface area (Å²) in [6, 6.07) is 6.50. The van der Waals surface area contributed by atoms with Crippen LogP contribution in [0.5, 0.6) is 0 Å². The van der Waals surface area contributed by atoms with Crippen molar-refractivity contribution in [2.75, 3.05) is 5.32 Å². The van der Waals surface area contributed by atoms with Crippen molar-refractivity contribution in [3.63, 3.8) is 0 Å². The summed E-state index contributed by atoms with van der Waals surface area (Å²) >= 11 is 5.09. The monoisotopic (exact) mass is 250 g/mol. The lowest BCUT2D eigenvalue weighted by molar-refractivity contribution is 0.645. The molecule has 0 saturated heterocycles. The van der Waals surface area contributed by atoms with Gasteiger partial charge in [0.15, 0.2) is 0 Å². The number of hydrogen-bond donors (Lipinski definition) is 2. The van der Waals surface area contributed by atoms with Crippen molar-refractivity contribution in [2.45, 2.75) is 46.1 Å². The molecule has 0 bridgehead atoms. The SMILES string of the molecule is CCCCC(C)Nc1c(C)cccc1C(N)=S. The van der Waals surface area contributed by atoms with Gasteiger partial charge in [-0.05, 0) is 31.9 Å². The van der Waals surface area contributed by atoms with Gasteiger partial charge in [0.25, 0.3) is 0 Å². The van der Waals surface area contributed by atoms with Crippen LogP contribution in [0.15, 0.2) is 18.2 Å². The summed E-state index contributed by atoms with van der Waals surface area (Å²) in [6.45, 7) is 6.49. The van der Waals surface area contributed by atoms with Crippen molar-refractivity contribution in [1.29, 1.82) is 0 Å². The standard InChI is InChI=1S/C14H22N2S/c1-4-5-8-11(3)16-13-10(2)7-6-9-12(13)14(15)17/h6-7,9,11,16H,4-5,8H2,1-3H3,(H2,15,17). The molecule has 0 spiro atoms. The molecule has 0 saturated carbocycles. The number of hydrogen-bond acceptors (Lipinski definition) is 2. The van der Waals surface area contributed by atoms with E-state index in [-0.39, 0.29) is 0 Å². The Hall–Kier alpha value is -1.09. The quantitative estimate of drug-likeness (QED) is 0.757. The zero-order chi connectivity index (χ0) is 12.8. The first-order valence-corrected chi connectivity index (χ1v) is 6.63. The molecule has 0 aromatic heterocycles. The van der Waals surface area contributed by atoms with Crippen LogP contribution in [0, 0.1) is 6.92 Å². The molecule has 3 N–H and O–H groups in total. The van der Waals surface area contributed by atoms with Gasteiger partial charge in [0.2, 0.25) is 0 Å². The smallest absolute Gasteiger partial charge is 0.106 e. The molecule has 2 nitrogen and oxygen atoms in total. The zero-order valence-electron chi connectivity index (χ0n) is 10.9. The average molecular weight is 250 g/mol. The van der Waals surface area contributed by atoms with E-state index in [0.29, 0.717) is 11.0 Å². The van der Waals surface area contributed by atoms with E-state index < -0.39 is 0 Å². The van der Waals surface area contributed by atoms with Crippen LogP contribution in [0.1, 0.15) is 44.2 Å². The first kappa shape index (κ1) is 14.0. The van der Waals surface area contributed by atoms with Gasteiger partial charge in [-0.1, -0.05) is 44.1 Å². The highest BCUT2D eigenvalue weighted by atomic mass is 32.1. The number of rotatable bonds is 6. The molecule has 17 heavy (non-hydrogen) atoms. The van der Waals surface area contributed by atoms with Crippen LogP contribution in [-0.2, 0) is 0 Å². The number of para-hydroxylation sites is 1. The highest BCUT2D eigenvalue weighted by Crippen LogP contribution is 2.22. The lowest BCUT2D eigenvalue weighted by Crippen LogP contribution is -2.20. The van der Waals surface area contributed by atoms with Crippen molar-refractivity contribution in [3.05, 3.63) is 29.3 Å². The Kier molecular flexibility index (Phi) is 5.42. The van der Waals surface area contributed by atoms with E-state index in [1.54, 1.807) is 0 Å². The van der Waals surface area contributed by atoms with Gasteiger partial charge < -0.3 is 11.1 Å². The van der Waals surface area contributed by atoms with Crippen LogP contribution < -0.4 is 11.1 Å². The molecule has 1 unspecified atom stereocenters. The van der Waals surface area contributed by atoms with E-state index in [1.807, 2.05) is 12.1 Å². The van der Waals surface area contributed by atoms with Gasteiger partial charge in [-0.2, -0.15) is 0 Å². The third-order valence-electron chi connectivity index (χ3n) is 2.92. The van der Waals surface area contributed by atoms with E-state index >= 15 is 0 Å². The predicted molar refractivity (Wildman–Crippen MR) is 79.7 cm³/mol. The lowest BCUT2D eigenvalue weighted by Gasteiger charge is -2.19. The highest BCUT2D eigenvalue weighted by molar-refractivity contribution is 7.80. The minimum absolute atomic E-state index is 0.448. The summed E-state index contributed by atoms with van der Waals surface area (Å²) in [5.41, 5.74) is 8.98. The summed E-state index contributed by atoms with van der Waals surface area (Å²) in [5.74, 6) is 0. The summed E-state index contributed by atoms with van der Waals surface area (Å²) in [5, 5.41) is 3.53. The van der Waals surface area contributed by atoms with Crippen molar-refractivity contribution in [2.24, 2.45) is 5.73 Å². The number of unbranched alkanes of at least 4 members (excludes halogenated alkanes) is 1. The van der Waals surface area contributed by atoms with Crippen LogP contribution in [-0.4, -0.2) is 11.0 Å². The Bertz CT molecular complexity index is 388. The maximum Gasteiger partial charge on any atom is 0.106 e. The van der Waals surface area contributed by atoms with Gasteiger partial charge in [-0.25, -0.2) is 0 Å². The minimum atomic E-state index is 0.448. The lowest BCUT2D eigenvalue weighted by atomic mass is 10.1. The number of nitrogens with two attached hydrogens (primary N) is 1. The van der Waals surface area contributed by atoms with Crippen molar-refractivity contribution < 1.29 is 0 Å². The van der Waals surface area contributed by atoms with Crippen LogP contribution >= 0.6 is 12.2 Å². The van der Waals surface area contributed by atoms with Gasteiger partial charge >= 0.3 is 0 Å². The first-order chi connectivity index (χ1) is 8.06. The highest BCUT2D eigenvalue weighted by Gasteiger charge is 2.10. The van der Waals surface area contributed by atoms with Gasteiger partial charge in [-0.3, -0.25) is 0 Å². The second kappa shape index (κ2) is 6.60. The van der Waals surface area contributed by atoms with E-state index in [4.69, 9.17) is 18.0 Å². The first-order valence-electron chi connectivity index (χ1n) is 6.22. The van der Waals surface area contributed by atoms with Crippen molar-refractivity contribution >= 4 is 22.9 Å². The predicted octanol–water partition coefficient (Wildman–Crippen LogP) is 3.62. The molecule has 94 valence electrons. The molecule has 1 rings (SSSR count). The molecule has 0 aliphatic carbocycles. The Balaban J connectivity index is 2.85. The summed E-state index contributed by atoms with van der Waals surface area (Å²) in [7, 11) is 0. The van der Waals surface area contributed by atoms with Gasteiger partial charge in [-0.15, -0.1) is 0 Å². The summed E-state index contributed by atoms with van der Waals surface area (Å²) in [6.07, 6.45) is 3.63. The van der Waals surface area contributed by atoms with Crippen LogP contribution in [0.2, 0.25) is 0 Å². The van der Waals surface area contributed by atoms with Crippen LogP contribution in [0.4, 0.5) is 5.69 Å². The number of benzene rings is 1. The normalized spacial score (nSPS) is 12.2. The Morgan fingerprint density at radius 3 is 2.76 bits per heavy atom. The molecule has 1 aromatic rings. The average Bonchev–Trinajstić information content (AvgIpc) is 2.28. The molecule has 1 aromatic carbocycles. The van der Waals surface area contributed by atoms with Gasteiger partial charge in [0.1, 0.15) is 4.99 Å². The largest absolute Gasteiger partial charge is 0.389 e. The topological polar surface area (TPSA) is 38.0 Å². The fourth-order valence-electron chi connectivity index (χ4n) is 1.89. The second-order valence-electron chi connectivity index (χ2n) is 4.55. The van der Waals surface area contributed by atoms with Crippen molar-refractivity contribution in [1.82, 2.24) is 0 Å². The van der Waals surface area contributed by atoms with E-state index in [9.17, 15) is 0 Å². The van der Waals surface area contributed by atoms with Crippen LogP contribution in [0.25, 0.3) is 0 Å². The number of nitrogens with one attached hydrogen (secondary N) is 1. The molecule has 0 amide bonds. The maximum atomic E-state index is 5.75. The maximum absolute atomic E-state index is 5.75. The molecule has 0 radical (unpaired) electrons. The summed E-state index contributed by atoms with van der Waals surface area (Å²) in [4.78, 5) is 0.457. The molecule has 3 heteroatoms. The summed E-state index contributed by atoms with van der Waals surface area (Å²) < 4.78 is 0. The molecular formula is C14H22N2S. The minimum Gasteiger partial charge on any atom is -0.389 e. The molecular weight excluding hydrogens is 228 g/mol. The Morgan fingerprint density at radius 1 is 1.47 bits per heavy atom. The molecule has 0 aliphatic rings. The fraction of sp³-hybridized carbons (Fsp3) is 0.500. The number of aryl methyl sites for hydroxylation is 1. The van der Waals surface area contributed by atoms with Gasteiger partial charge in [0.05, 0.1) is 0 Å². The third kappa shape index (κ3) is 4.00. The Morgan fingerprint density at radius 2 is 2.18 bits per heavy atom. The Labute approximate surface area is 110 Å². The fourth-order valence-corrected chi connectivity index (χ4v) is 2.06. The molecule has 1 atom stereocenters. The van der Waals surface area contributed by atoms with Crippen LogP contribution in [0.3, 0.4) is 0 Å². The number of thiocarbonyl (C=S) groups is 1.